The van der Waals surface area contributed by atoms with Crippen molar-refractivity contribution in [3.05, 3.63) is 53.6 Å². The molecule has 4 rings (SSSR count). The lowest BCUT2D eigenvalue weighted by Crippen LogP contribution is -2.37. The number of nitrogens with zero attached hydrogens (tertiary/aromatic N) is 2. The second kappa shape index (κ2) is 7.00. The van der Waals surface area contributed by atoms with Crippen molar-refractivity contribution in [3.63, 3.8) is 0 Å². The zero-order valence-electron chi connectivity index (χ0n) is 15.0. The number of aromatic nitrogens is 1. The van der Waals surface area contributed by atoms with Gasteiger partial charge in [0.1, 0.15) is 19.4 Å². The summed E-state index contributed by atoms with van der Waals surface area (Å²) in [4.78, 5) is 21.3. The van der Waals surface area contributed by atoms with E-state index in [9.17, 15) is 9.18 Å². The Morgan fingerprint density at radius 2 is 2.22 bits per heavy atom. The summed E-state index contributed by atoms with van der Waals surface area (Å²) >= 11 is 1.53. The maximum atomic E-state index is 14.8. The molecule has 3 N–H and O–H groups in total. The van der Waals surface area contributed by atoms with E-state index in [1.54, 1.807) is 24.4 Å². The number of carbonyl (C=O) groups excluding carboxylic acids is 1. The van der Waals surface area contributed by atoms with E-state index in [1.807, 2.05) is 13.9 Å². The topological polar surface area (TPSA) is 80.4 Å². The van der Waals surface area contributed by atoms with Gasteiger partial charge in [-0.2, -0.15) is 0 Å². The lowest BCUT2D eigenvalue weighted by Gasteiger charge is -2.36. The molecular weight excluding hydrogens is 362 g/mol. The summed E-state index contributed by atoms with van der Waals surface area (Å²) in [6, 6.07) is 8.16. The average molecular weight is 382 g/mol. The molecule has 138 valence electrons. The zero-order chi connectivity index (χ0) is 19.0. The van der Waals surface area contributed by atoms with Crippen LogP contribution < -0.4 is 16.5 Å². The number of nitrogens with one attached hydrogen (secondary N) is 1. The number of pyridine rings is 1. The van der Waals surface area contributed by atoms with Crippen molar-refractivity contribution in [2.45, 2.75) is 24.8 Å². The minimum Gasteiger partial charge on any atom is -0.379 e. The van der Waals surface area contributed by atoms with Gasteiger partial charge in [0.2, 0.25) is 0 Å². The van der Waals surface area contributed by atoms with E-state index in [2.05, 4.69) is 15.3 Å². The van der Waals surface area contributed by atoms with Gasteiger partial charge in [-0.15, -0.1) is 0 Å². The second-order valence-electron chi connectivity index (χ2n) is 7.14. The van der Waals surface area contributed by atoms with Crippen LogP contribution >= 0.6 is 11.8 Å². The van der Waals surface area contributed by atoms with E-state index in [0.29, 0.717) is 22.1 Å². The summed E-state index contributed by atoms with van der Waals surface area (Å²) in [5, 5.41) is 3.32. The van der Waals surface area contributed by atoms with Gasteiger partial charge >= 0.3 is 0 Å². The highest BCUT2D eigenvalue weighted by Gasteiger charge is 2.48. The van der Waals surface area contributed by atoms with Crippen molar-refractivity contribution in [1.82, 2.24) is 4.98 Å². The monoisotopic (exact) mass is 382 g/mol. The number of amidine groups is 1. The van der Waals surface area contributed by atoms with Crippen LogP contribution in [0.25, 0.3) is 0 Å². The lowest BCUT2D eigenvalue weighted by molar-refractivity contribution is 0.102. The molecule has 2 aliphatic rings. The van der Waals surface area contributed by atoms with Gasteiger partial charge in [-0.25, -0.2) is 4.39 Å². The number of anilines is 1. The first-order valence-corrected chi connectivity index (χ1v) is 9.99. The van der Waals surface area contributed by atoms with E-state index < -0.39 is 5.54 Å². The number of aliphatic imine (C=N–C) groups is 1. The van der Waals surface area contributed by atoms with E-state index in [0.717, 1.165) is 30.5 Å². The number of benzene rings is 1. The Balaban J connectivity index is 1.67. The third-order valence-corrected chi connectivity index (χ3v) is 6.32. The molecule has 2 atom stereocenters. The van der Waals surface area contributed by atoms with Crippen LogP contribution in [0.1, 0.15) is 35.3 Å². The van der Waals surface area contributed by atoms with E-state index >= 15 is 0 Å². The maximum absolute atomic E-state index is 14.8. The molecule has 2 heterocycles. The number of carbonyl (C=O) groups is 1. The largest absolute Gasteiger partial charge is 0.379 e. The number of hydrogen-bond donors (Lipinski definition) is 2. The Morgan fingerprint density at radius 1 is 1.37 bits per heavy atom. The Bertz CT molecular complexity index is 920. The molecular formula is C19H20BFN4OS. The highest BCUT2D eigenvalue weighted by Crippen LogP contribution is 2.51. The summed E-state index contributed by atoms with van der Waals surface area (Å²) < 4.78 is 14.8. The molecule has 0 bridgehead atoms. The van der Waals surface area contributed by atoms with Gasteiger partial charge < -0.3 is 11.1 Å². The first-order valence-electron chi connectivity index (χ1n) is 9.00. The molecule has 1 aromatic carbocycles. The smallest absolute Gasteiger partial charge is 0.274 e. The molecule has 5 nitrogen and oxygen atoms in total. The molecule has 0 radical (unpaired) electrons. The molecule has 1 aliphatic carbocycles. The standard InChI is InChI=1S/C19H20BFN4OS/c20-12-3-6-16(23-9-12)17(26)24-13-4-5-15(21)14(8-13)19-7-1-2-11(19)10-27-18(22)25-19/h3-6,8-9,11H,1-2,7,10,20H2,(H2,22,25)(H,24,26). The number of rotatable bonds is 3. The van der Waals surface area contributed by atoms with Gasteiger partial charge in [-0.05, 0) is 43.0 Å². The Labute approximate surface area is 162 Å². The predicted octanol–water partition coefficient (Wildman–Crippen LogP) is 1.79. The summed E-state index contributed by atoms with van der Waals surface area (Å²) in [7, 11) is 1.91. The molecule has 8 heteroatoms. The molecule has 1 saturated carbocycles. The number of hydrogen-bond acceptors (Lipinski definition) is 5. The van der Waals surface area contributed by atoms with Crippen LogP contribution in [0.5, 0.6) is 0 Å². The Kier molecular flexibility index (Phi) is 4.67. The van der Waals surface area contributed by atoms with E-state index in [1.165, 1.54) is 17.8 Å². The fourth-order valence-corrected chi connectivity index (χ4v) is 5.03. The number of thioether (sulfide) groups is 1. The predicted molar refractivity (Wildman–Crippen MR) is 110 cm³/mol. The molecule has 0 saturated heterocycles. The van der Waals surface area contributed by atoms with Crippen LogP contribution in [0.4, 0.5) is 10.1 Å². The summed E-state index contributed by atoms with van der Waals surface area (Å²) in [6.45, 7) is 0. The Hall–Kier alpha value is -2.35. The second-order valence-corrected chi connectivity index (χ2v) is 8.18. The van der Waals surface area contributed by atoms with Gasteiger partial charge in [0.05, 0.1) is 5.54 Å². The fourth-order valence-electron chi connectivity index (χ4n) is 3.99. The molecule has 1 amide bonds. The Morgan fingerprint density at radius 3 is 3.00 bits per heavy atom. The summed E-state index contributed by atoms with van der Waals surface area (Å²) in [5.74, 6) is 0.472. The highest BCUT2D eigenvalue weighted by molar-refractivity contribution is 8.13. The molecule has 27 heavy (non-hydrogen) atoms. The number of nitrogens with two attached hydrogens (primary N) is 1. The fraction of sp³-hybridized carbons (Fsp3) is 0.316. The molecule has 2 aromatic rings. The van der Waals surface area contributed by atoms with Gasteiger partial charge in [0, 0.05) is 23.2 Å². The molecule has 1 aromatic heterocycles. The number of halogens is 1. The minimum atomic E-state index is -0.623. The van der Waals surface area contributed by atoms with Crippen LogP contribution in [0, 0.1) is 11.7 Å². The molecule has 0 spiro atoms. The number of amides is 1. The van der Waals surface area contributed by atoms with Crippen LogP contribution in [0.2, 0.25) is 0 Å². The third-order valence-electron chi connectivity index (χ3n) is 5.36. The first kappa shape index (κ1) is 18.0. The van der Waals surface area contributed by atoms with Crippen molar-refractivity contribution < 1.29 is 9.18 Å². The SMILES string of the molecule is Bc1ccc(C(=O)Nc2ccc(F)c(C34CCCC3CSC(N)=N4)c2)nc1. The van der Waals surface area contributed by atoms with E-state index in [-0.39, 0.29) is 17.6 Å². The zero-order valence-corrected chi connectivity index (χ0v) is 15.9. The summed E-state index contributed by atoms with van der Waals surface area (Å²) in [5.41, 5.74) is 7.71. The lowest BCUT2D eigenvalue weighted by atomic mass is 9.81. The maximum Gasteiger partial charge on any atom is 0.274 e. The number of fused-ring (bicyclic) bond motifs is 1. The van der Waals surface area contributed by atoms with Gasteiger partial charge in [0.25, 0.3) is 5.91 Å². The first-order chi connectivity index (χ1) is 13.0. The van der Waals surface area contributed by atoms with Gasteiger partial charge in [-0.3, -0.25) is 14.8 Å². The highest BCUT2D eigenvalue weighted by atomic mass is 32.2. The van der Waals surface area contributed by atoms with Gasteiger partial charge in [-0.1, -0.05) is 29.7 Å². The van der Waals surface area contributed by atoms with Crippen LogP contribution in [-0.4, -0.2) is 29.7 Å². The quantitative estimate of drug-likeness (QED) is 0.794. The van der Waals surface area contributed by atoms with Crippen molar-refractivity contribution in [3.8, 4) is 0 Å². The van der Waals surface area contributed by atoms with Crippen LogP contribution in [-0.2, 0) is 5.54 Å². The summed E-state index contributed by atoms with van der Waals surface area (Å²) in [6.07, 6.45) is 4.41. The third kappa shape index (κ3) is 3.34. The van der Waals surface area contributed by atoms with Crippen molar-refractivity contribution in [2.75, 3.05) is 11.1 Å². The minimum absolute atomic E-state index is 0.258. The van der Waals surface area contributed by atoms with Crippen molar-refractivity contribution in [2.24, 2.45) is 16.6 Å². The van der Waals surface area contributed by atoms with Crippen LogP contribution in [0.3, 0.4) is 0 Å². The van der Waals surface area contributed by atoms with E-state index in [4.69, 9.17) is 5.73 Å². The molecule has 1 aliphatic heterocycles. The molecule has 2 unspecified atom stereocenters. The van der Waals surface area contributed by atoms with Gasteiger partial charge in [0.15, 0.2) is 5.17 Å². The van der Waals surface area contributed by atoms with Crippen molar-refractivity contribution >= 4 is 41.8 Å². The normalized spacial score (nSPS) is 24.2. The molecule has 1 fully saturated rings. The van der Waals surface area contributed by atoms with Crippen LogP contribution in [0.15, 0.2) is 41.5 Å². The average Bonchev–Trinajstić information content (AvgIpc) is 3.07. The van der Waals surface area contributed by atoms with Crippen molar-refractivity contribution in [1.29, 1.82) is 0 Å².